The molecule has 1 saturated carbocycles. The van der Waals surface area contributed by atoms with E-state index in [1.54, 1.807) is 18.2 Å². The maximum Gasteiger partial charge on any atom is 0.261 e. The molecule has 1 fully saturated rings. The molecule has 10 heteroatoms. The first-order chi connectivity index (χ1) is 14.5. The molecule has 7 nitrogen and oxygen atoms in total. The third kappa shape index (κ3) is 5.34. The molecule has 1 aliphatic rings. The first-order valence-corrected chi connectivity index (χ1v) is 13.4. The SMILES string of the molecule is CN(c1cc(Cl)ccc1NS(=O)(=O)c1ccc(S(=O)(=O)N(C)C)cc1)C1CCCCC1. The normalized spacial score (nSPS) is 15.8. The minimum absolute atomic E-state index is 0.0218. The van der Waals surface area contributed by atoms with Gasteiger partial charge in [-0.2, -0.15) is 0 Å². The van der Waals surface area contributed by atoms with Crippen molar-refractivity contribution in [3.63, 3.8) is 0 Å². The Labute approximate surface area is 190 Å². The molecule has 0 aromatic heterocycles. The number of anilines is 2. The Bertz CT molecular complexity index is 1130. The number of hydrogen-bond donors (Lipinski definition) is 1. The zero-order valence-corrected chi connectivity index (χ0v) is 20.3. The van der Waals surface area contributed by atoms with Gasteiger partial charge in [0.15, 0.2) is 0 Å². The lowest BCUT2D eigenvalue weighted by Gasteiger charge is -2.34. The van der Waals surface area contributed by atoms with Gasteiger partial charge < -0.3 is 4.90 Å². The summed E-state index contributed by atoms with van der Waals surface area (Å²) in [6.07, 6.45) is 5.63. The molecule has 31 heavy (non-hydrogen) atoms. The maximum absolute atomic E-state index is 13.0. The number of halogens is 1. The van der Waals surface area contributed by atoms with Crippen LogP contribution in [0.5, 0.6) is 0 Å². The van der Waals surface area contributed by atoms with Crippen LogP contribution >= 0.6 is 11.6 Å². The van der Waals surface area contributed by atoms with Crippen LogP contribution in [0.2, 0.25) is 5.02 Å². The second-order valence-corrected chi connectivity index (χ2v) is 12.2. The van der Waals surface area contributed by atoms with Crippen LogP contribution in [0.4, 0.5) is 11.4 Å². The van der Waals surface area contributed by atoms with Gasteiger partial charge in [0.1, 0.15) is 0 Å². The molecule has 0 unspecified atom stereocenters. The third-order valence-corrected chi connectivity index (χ3v) is 9.06. The Balaban J connectivity index is 1.89. The Hall–Kier alpha value is -1.81. The smallest absolute Gasteiger partial charge is 0.261 e. The second kappa shape index (κ2) is 9.36. The van der Waals surface area contributed by atoms with Crippen molar-refractivity contribution in [3.05, 3.63) is 47.5 Å². The lowest BCUT2D eigenvalue weighted by Crippen LogP contribution is -2.34. The van der Waals surface area contributed by atoms with E-state index in [-0.39, 0.29) is 9.79 Å². The summed E-state index contributed by atoms with van der Waals surface area (Å²) in [5, 5.41) is 0.527. The summed E-state index contributed by atoms with van der Waals surface area (Å²) in [4.78, 5) is 2.10. The van der Waals surface area contributed by atoms with Gasteiger partial charge in [0.05, 0.1) is 21.2 Å². The van der Waals surface area contributed by atoms with Gasteiger partial charge in [-0.3, -0.25) is 4.72 Å². The van der Waals surface area contributed by atoms with Crippen LogP contribution in [0.3, 0.4) is 0 Å². The van der Waals surface area contributed by atoms with Crippen molar-refractivity contribution in [2.75, 3.05) is 30.8 Å². The summed E-state index contributed by atoms with van der Waals surface area (Å²) in [5.74, 6) is 0. The summed E-state index contributed by atoms with van der Waals surface area (Å²) in [6, 6.07) is 10.6. The molecule has 0 saturated heterocycles. The van der Waals surface area contributed by atoms with E-state index >= 15 is 0 Å². The van der Waals surface area contributed by atoms with E-state index in [1.165, 1.54) is 44.8 Å². The first-order valence-electron chi connectivity index (χ1n) is 10.1. The molecule has 0 atom stereocenters. The summed E-state index contributed by atoms with van der Waals surface area (Å²) >= 11 is 6.21. The Kier molecular flexibility index (Phi) is 7.20. The van der Waals surface area contributed by atoms with Crippen LogP contribution in [0.15, 0.2) is 52.3 Å². The molecule has 3 rings (SSSR count). The number of rotatable bonds is 7. The van der Waals surface area contributed by atoms with Gasteiger partial charge in [-0.15, -0.1) is 0 Å². The Morgan fingerprint density at radius 1 is 0.871 bits per heavy atom. The van der Waals surface area contributed by atoms with Gasteiger partial charge in [-0.1, -0.05) is 30.9 Å². The van der Waals surface area contributed by atoms with E-state index in [4.69, 9.17) is 11.6 Å². The van der Waals surface area contributed by atoms with E-state index in [2.05, 4.69) is 9.62 Å². The van der Waals surface area contributed by atoms with Crippen molar-refractivity contribution in [3.8, 4) is 0 Å². The van der Waals surface area contributed by atoms with Crippen molar-refractivity contribution in [1.29, 1.82) is 0 Å². The minimum atomic E-state index is -3.92. The van der Waals surface area contributed by atoms with Crippen molar-refractivity contribution >= 4 is 43.0 Å². The zero-order chi connectivity index (χ0) is 22.8. The van der Waals surface area contributed by atoms with Gasteiger partial charge in [0.25, 0.3) is 10.0 Å². The van der Waals surface area contributed by atoms with Crippen LogP contribution in [-0.4, -0.2) is 48.3 Å². The molecule has 1 aliphatic carbocycles. The van der Waals surface area contributed by atoms with Gasteiger partial charge >= 0.3 is 0 Å². The molecule has 1 N–H and O–H groups in total. The molecular formula is C21H28ClN3O4S2. The third-order valence-electron chi connectivity index (χ3n) is 5.62. The molecular weight excluding hydrogens is 458 g/mol. The van der Waals surface area contributed by atoms with Crippen LogP contribution in [-0.2, 0) is 20.0 Å². The largest absolute Gasteiger partial charge is 0.370 e. The molecule has 0 spiro atoms. The van der Waals surface area contributed by atoms with Crippen LogP contribution < -0.4 is 9.62 Å². The topological polar surface area (TPSA) is 86.8 Å². The van der Waals surface area contributed by atoms with E-state index in [9.17, 15) is 16.8 Å². The van der Waals surface area contributed by atoms with E-state index in [0.717, 1.165) is 35.7 Å². The summed E-state index contributed by atoms with van der Waals surface area (Å²) in [7, 11) is -2.76. The van der Waals surface area contributed by atoms with Crippen molar-refractivity contribution in [1.82, 2.24) is 4.31 Å². The van der Waals surface area contributed by atoms with E-state index in [0.29, 0.717) is 16.8 Å². The van der Waals surface area contributed by atoms with Gasteiger partial charge in [-0.25, -0.2) is 21.1 Å². The fraction of sp³-hybridized carbons (Fsp3) is 0.429. The molecule has 0 radical (unpaired) electrons. The summed E-state index contributed by atoms with van der Waals surface area (Å²) in [6.45, 7) is 0. The molecule has 170 valence electrons. The van der Waals surface area contributed by atoms with Gasteiger partial charge in [0, 0.05) is 32.2 Å². The monoisotopic (exact) mass is 485 g/mol. The molecule has 0 heterocycles. The number of nitrogens with zero attached hydrogens (tertiary/aromatic N) is 2. The number of nitrogens with one attached hydrogen (secondary N) is 1. The molecule has 0 amide bonds. The van der Waals surface area contributed by atoms with Crippen LogP contribution in [0, 0.1) is 0 Å². The first kappa shape index (κ1) is 23.8. The molecule has 0 aliphatic heterocycles. The number of hydrogen-bond acceptors (Lipinski definition) is 5. The average molecular weight is 486 g/mol. The van der Waals surface area contributed by atoms with Gasteiger partial charge in [0.2, 0.25) is 10.0 Å². The quantitative estimate of drug-likeness (QED) is 0.636. The lowest BCUT2D eigenvalue weighted by atomic mass is 9.94. The summed E-state index contributed by atoms with van der Waals surface area (Å²) < 4.78 is 54.2. The highest BCUT2D eigenvalue weighted by atomic mass is 35.5. The Morgan fingerprint density at radius 3 is 2.03 bits per heavy atom. The van der Waals surface area contributed by atoms with Crippen molar-refractivity contribution < 1.29 is 16.8 Å². The van der Waals surface area contributed by atoms with Gasteiger partial charge in [-0.05, 0) is 55.3 Å². The molecule has 2 aromatic rings. The average Bonchev–Trinajstić information content (AvgIpc) is 2.75. The predicted molar refractivity (Wildman–Crippen MR) is 125 cm³/mol. The molecule has 0 bridgehead atoms. The van der Waals surface area contributed by atoms with Crippen LogP contribution in [0.25, 0.3) is 0 Å². The fourth-order valence-corrected chi connectivity index (χ4v) is 5.90. The highest BCUT2D eigenvalue weighted by Crippen LogP contribution is 2.34. The number of benzene rings is 2. The highest BCUT2D eigenvalue weighted by molar-refractivity contribution is 7.92. The van der Waals surface area contributed by atoms with Crippen molar-refractivity contribution in [2.24, 2.45) is 0 Å². The predicted octanol–water partition coefficient (Wildman–Crippen LogP) is 4.16. The lowest BCUT2D eigenvalue weighted by molar-refractivity contribution is 0.428. The van der Waals surface area contributed by atoms with Crippen LogP contribution in [0.1, 0.15) is 32.1 Å². The van der Waals surface area contributed by atoms with E-state index < -0.39 is 20.0 Å². The fourth-order valence-electron chi connectivity index (χ4n) is 3.75. The molecule has 2 aromatic carbocycles. The van der Waals surface area contributed by atoms with Crippen molar-refractivity contribution in [2.45, 2.75) is 47.9 Å². The van der Waals surface area contributed by atoms with E-state index in [1.807, 2.05) is 7.05 Å². The second-order valence-electron chi connectivity index (χ2n) is 7.93. The Morgan fingerprint density at radius 2 is 1.45 bits per heavy atom. The zero-order valence-electron chi connectivity index (χ0n) is 17.9. The highest BCUT2D eigenvalue weighted by Gasteiger charge is 2.24. The standard InChI is InChI=1S/C21H28ClN3O4S2/c1-24(2)31(28,29)19-12-10-18(11-13-19)30(26,27)23-20-14-9-16(22)15-21(20)25(3)17-7-5-4-6-8-17/h9-15,17,23H,4-8H2,1-3H3. The minimum Gasteiger partial charge on any atom is -0.370 e. The maximum atomic E-state index is 13.0. The number of sulfonamides is 2. The summed E-state index contributed by atoms with van der Waals surface area (Å²) in [5.41, 5.74) is 1.15.